The van der Waals surface area contributed by atoms with Gasteiger partial charge >= 0.3 is 0 Å². The van der Waals surface area contributed by atoms with Crippen molar-refractivity contribution in [1.29, 1.82) is 0 Å². The van der Waals surface area contributed by atoms with Gasteiger partial charge in [0.15, 0.2) is 5.76 Å². The fourth-order valence-electron chi connectivity index (χ4n) is 2.46. The van der Waals surface area contributed by atoms with E-state index in [0.717, 1.165) is 5.56 Å². The Kier molecular flexibility index (Phi) is 5.84. The number of carbonyl (C=O) groups excluding carboxylic acids is 1. The molecule has 6 nitrogen and oxygen atoms in total. The largest absolute Gasteiger partial charge is 0.497 e. The molecule has 1 heterocycles. The van der Waals surface area contributed by atoms with E-state index in [0.29, 0.717) is 42.0 Å². The van der Waals surface area contributed by atoms with Crippen LogP contribution in [0.1, 0.15) is 26.5 Å². The molecule has 0 N–H and O–H groups in total. The Labute approximate surface area is 142 Å². The van der Waals surface area contributed by atoms with Crippen LogP contribution < -0.4 is 9.47 Å². The van der Waals surface area contributed by atoms with Crippen LogP contribution in [0, 0.1) is 5.92 Å². The van der Waals surface area contributed by atoms with Gasteiger partial charge < -0.3 is 18.9 Å². The molecule has 130 valence electrons. The van der Waals surface area contributed by atoms with E-state index >= 15 is 0 Å². The van der Waals surface area contributed by atoms with Crippen molar-refractivity contribution in [3.05, 3.63) is 30.0 Å². The van der Waals surface area contributed by atoms with Crippen LogP contribution in [-0.4, -0.2) is 36.7 Å². The Morgan fingerprint density at radius 2 is 2.00 bits per heavy atom. The third-order valence-corrected chi connectivity index (χ3v) is 3.62. The molecule has 2 rings (SSSR count). The zero-order valence-corrected chi connectivity index (χ0v) is 14.8. The van der Waals surface area contributed by atoms with Gasteiger partial charge in [-0.3, -0.25) is 4.79 Å². The molecule has 1 amide bonds. The number of benzene rings is 1. The van der Waals surface area contributed by atoms with E-state index in [2.05, 4.69) is 19.0 Å². The molecule has 2 aromatic rings. The molecule has 0 atom stereocenters. The molecular weight excluding hydrogens is 308 g/mol. The van der Waals surface area contributed by atoms with Crippen LogP contribution in [0.2, 0.25) is 0 Å². The van der Waals surface area contributed by atoms with Gasteiger partial charge in [0.05, 0.1) is 26.3 Å². The minimum Gasteiger partial charge on any atom is -0.497 e. The lowest BCUT2D eigenvalue weighted by Crippen LogP contribution is -2.31. The Morgan fingerprint density at radius 1 is 1.25 bits per heavy atom. The van der Waals surface area contributed by atoms with E-state index in [1.165, 1.54) is 0 Å². The lowest BCUT2D eigenvalue weighted by Gasteiger charge is -2.21. The molecule has 0 fully saturated rings. The first-order chi connectivity index (χ1) is 11.4. The second-order valence-corrected chi connectivity index (χ2v) is 6.04. The zero-order valence-electron chi connectivity index (χ0n) is 14.8. The minimum absolute atomic E-state index is 0.0234. The van der Waals surface area contributed by atoms with Crippen LogP contribution in [0.3, 0.4) is 0 Å². The Bertz CT molecular complexity index is 694. The average molecular weight is 332 g/mol. The van der Waals surface area contributed by atoms with Crippen LogP contribution in [0.15, 0.2) is 28.8 Å². The molecule has 0 aliphatic heterocycles. The Hall–Kier alpha value is -2.50. The molecule has 0 radical (unpaired) electrons. The summed E-state index contributed by atoms with van der Waals surface area (Å²) in [6.07, 6.45) is 0. The minimum atomic E-state index is 0.0234. The monoisotopic (exact) mass is 332 g/mol. The van der Waals surface area contributed by atoms with Crippen molar-refractivity contribution in [3.63, 3.8) is 0 Å². The van der Waals surface area contributed by atoms with E-state index in [9.17, 15) is 4.79 Å². The van der Waals surface area contributed by atoms with Crippen molar-refractivity contribution in [2.24, 2.45) is 5.92 Å². The van der Waals surface area contributed by atoms with Crippen LogP contribution in [0.5, 0.6) is 11.5 Å². The molecule has 6 heteroatoms. The highest BCUT2D eigenvalue weighted by Gasteiger charge is 2.17. The van der Waals surface area contributed by atoms with Crippen molar-refractivity contribution in [1.82, 2.24) is 10.1 Å². The molecule has 1 aromatic heterocycles. The highest BCUT2D eigenvalue weighted by molar-refractivity contribution is 5.73. The van der Waals surface area contributed by atoms with Gasteiger partial charge in [0, 0.05) is 25.6 Å². The quantitative estimate of drug-likeness (QED) is 0.778. The molecule has 0 saturated heterocycles. The molecule has 0 unspecified atom stereocenters. The maximum Gasteiger partial charge on any atom is 0.219 e. The van der Waals surface area contributed by atoms with Crippen LogP contribution in [-0.2, 0) is 11.3 Å². The number of carbonyl (C=O) groups is 1. The Morgan fingerprint density at radius 3 is 2.58 bits per heavy atom. The summed E-state index contributed by atoms with van der Waals surface area (Å²) in [5, 5.41) is 4.08. The lowest BCUT2D eigenvalue weighted by atomic mass is 10.1. The first-order valence-corrected chi connectivity index (χ1v) is 7.88. The molecule has 0 bridgehead atoms. The van der Waals surface area contributed by atoms with E-state index < -0.39 is 0 Å². The second kappa shape index (κ2) is 7.86. The summed E-state index contributed by atoms with van der Waals surface area (Å²) in [5.74, 6) is 2.35. The van der Waals surface area contributed by atoms with E-state index in [1.54, 1.807) is 32.1 Å². The van der Waals surface area contributed by atoms with Crippen LogP contribution >= 0.6 is 0 Å². The predicted octanol–water partition coefficient (Wildman–Crippen LogP) is 3.36. The first-order valence-electron chi connectivity index (χ1n) is 7.88. The number of ether oxygens (including phenoxy) is 2. The first kappa shape index (κ1) is 17.8. The summed E-state index contributed by atoms with van der Waals surface area (Å²) >= 11 is 0. The van der Waals surface area contributed by atoms with Crippen molar-refractivity contribution >= 4 is 5.91 Å². The van der Waals surface area contributed by atoms with Gasteiger partial charge in [0.1, 0.15) is 17.2 Å². The maximum absolute atomic E-state index is 11.8. The summed E-state index contributed by atoms with van der Waals surface area (Å²) < 4.78 is 16.0. The van der Waals surface area contributed by atoms with E-state index in [4.69, 9.17) is 14.0 Å². The SMILES string of the molecule is COc1ccc(-c2cc(CN(CC(C)C)C(C)=O)no2)c(OC)c1. The van der Waals surface area contributed by atoms with Crippen LogP contribution in [0.4, 0.5) is 0 Å². The second-order valence-electron chi connectivity index (χ2n) is 6.04. The molecule has 0 saturated carbocycles. The van der Waals surface area contributed by atoms with Gasteiger partial charge in [-0.15, -0.1) is 0 Å². The highest BCUT2D eigenvalue weighted by atomic mass is 16.5. The van der Waals surface area contributed by atoms with Gasteiger partial charge in [0.2, 0.25) is 5.91 Å². The molecular formula is C18H24N2O4. The molecule has 0 spiro atoms. The highest BCUT2D eigenvalue weighted by Crippen LogP contribution is 2.33. The molecule has 0 aliphatic carbocycles. The smallest absolute Gasteiger partial charge is 0.219 e. The molecule has 1 aromatic carbocycles. The average Bonchev–Trinajstić information content (AvgIpc) is 3.01. The number of hydrogen-bond acceptors (Lipinski definition) is 5. The lowest BCUT2D eigenvalue weighted by molar-refractivity contribution is -0.130. The van der Waals surface area contributed by atoms with Crippen LogP contribution in [0.25, 0.3) is 11.3 Å². The van der Waals surface area contributed by atoms with Crippen molar-refractivity contribution in [2.45, 2.75) is 27.3 Å². The fraction of sp³-hybridized carbons (Fsp3) is 0.444. The number of rotatable bonds is 7. The summed E-state index contributed by atoms with van der Waals surface area (Å²) in [4.78, 5) is 13.5. The Balaban J connectivity index is 2.22. The normalized spacial score (nSPS) is 10.8. The summed E-state index contributed by atoms with van der Waals surface area (Å²) in [5.41, 5.74) is 1.49. The summed E-state index contributed by atoms with van der Waals surface area (Å²) in [6, 6.07) is 7.32. The van der Waals surface area contributed by atoms with Gasteiger partial charge in [-0.25, -0.2) is 0 Å². The fourth-order valence-corrected chi connectivity index (χ4v) is 2.46. The summed E-state index contributed by atoms with van der Waals surface area (Å²) in [7, 11) is 3.20. The third-order valence-electron chi connectivity index (χ3n) is 3.62. The van der Waals surface area contributed by atoms with Gasteiger partial charge in [-0.2, -0.15) is 0 Å². The predicted molar refractivity (Wildman–Crippen MR) is 91.0 cm³/mol. The molecule has 0 aliphatic rings. The standard InChI is InChI=1S/C18H24N2O4/c1-12(2)10-20(13(3)21)11-14-8-18(24-19-14)16-7-6-15(22-4)9-17(16)23-5/h6-9,12H,10-11H2,1-5H3. The number of aromatic nitrogens is 1. The van der Waals surface area contributed by atoms with Crippen molar-refractivity contribution < 1.29 is 18.8 Å². The van der Waals surface area contributed by atoms with E-state index in [-0.39, 0.29) is 5.91 Å². The number of nitrogens with zero attached hydrogens (tertiary/aromatic N) is 2. The maximum atomic E-state index is 11.8. The summed E-state index contributed by atoms with van der Waals surface area (Å²) in [6.45, 7) is 6.83. The number of hydrogen-bond donors (Lipinski definition) is 0. The van der Waals surface area contributed by atoms with Gasteiger partial charge in [-0.1, -0.05) is 19.0 Å². The van der Waals surface area contributed by atoms with Gasteiger partial charge in [-0.05, 0) is 18.1 Å². The number of methoxy groups -OCH3 is 2. The van der Waals surface area contributed by atoms with Crippen molar-refractivity contribution in [2.75, 3.05) is 20.8 Å². The topological polar surface area (TPSA) is 64.8 Å². The number of amides is 1. The molecule has 24 heavy (non-hydrogen) atoms. The zero-order chi connectivity index (χ0) is 17.7. The van der Waals surface area contributed by atoms with Gasteiger partial charge in [0.25, 0.3) is 0 Å². The van der Waals surface area contributed by atoms with E-state index in [1.807, 2.05) is 18.2 Å². The van der Waals surface area contributed by atoms with Crippen molar-refractivity contribution in [3.8, 4) is 22.8 Å². The third kappa shape index (κ3) is 4.28.